The van der Waals surface area contributed by atoms with Crippen molar-refractivity contribution in [3.05, 3.63) is 0 Å². The predicted octanol–water partition coefficient (Wildman–Crippen LogP) is 2.14. The van der Waals surface area contributed by atoms with Gasteiger partial charge in [0.1, 0.15) is 0 Å². The van der Waals surface area contributed by atoms with Crippen LogP contribution in [0.1, 0.15) is 0 Å². The highest BCUT2D eigenvalue weighted by molar-refractivity contribution is 5.63. The van der Waals surface area contributed by atoms with Crippen molar-refractivity contribution in [2.45, 2.75) is 12.5 Å². The molecule has 0 saturated heterocycles. The second kappa shape index (κ2) is 2.89. The zero-order valence-corrected chi connectivity index (χ0v) is 4.29. The van der Waals surface area contributed by atoms with Crippen molar-refractivity contribution in [3.63, 3.8) is 0 Å². The van der Waals surface area contributed by atoms with E-state index in [2.05, 4.69) is 0 Å². The van der Waals surface area contributed by atoms with Gasteiger partial charge in [0.15, 0.2) is 0 Å². The molecule has 60 valence electrons. The van der Waals surface area contributed by atoms with Crippen LogP contribution in [0.15, 0.2) is 4.99 Å². The van der Waals surface area contributed by atoms with Crippen molar-refractivity contribution in [2.24, 2.45) is 4.99 Å². The zero-order chi connectivity index (χ0) is 8.36. The summed E-state index contributed by atoms with van der Waals surface area (Å²) in [5.74, 6) is 0. The number of hydrogen-bond acceptors (Lipinski definition) is 1. The van der Waals surface area contributed by atoms with Gasteiger partial charge in [-0.3, -0.25) is 0 Å². The summed E-state index contributed by atoms with van der Waals surface area (Å²) in [7, 11) is 0. The van der Waals surface area contributed by atoms with Gasteiger partial charge in [-0.2, -0.15) is 26.9 Å². The lowest BCUT2D eigenvalue weighted by Crippen LogP contribution is -2.22. The second-order valence-corrected chi connectivity index (χ2v) is 1.25. The first-order valence-electron chi connectivity index (χ1n) is 1.93. The summed E-state index contributed by atoms with van der Waals surface area (Å²) in [6, 6.07) is 0. The molecule has 0 spiro atoms. The van der Waals surface area contributed by atoms with Crippen molar-refractivity contribution in [1.29, 1.82) is 0 Å². The van der Waals surface area contributed by atoms with E-state index < -0.39 is 18.7 Å². The van der Waals surface area contributed by atoms with E-state index in [4.69, 9.17) is 0 Å². The Morgan fingerprint density at radius 1 is 1.20 bits per heavy atom. The first-order chi connectivity index (χ1) is 4.34. The minimum absolute atomic E-state index is 1.34. The van der Waals surface area contributed by atoms with Gasteiger partial charge >= 0.3 is 12.4 Å². The Kier molecular flexibility index (Phi) is 2.67. The molecule has 0 bridgehead atoms. The van der Waals surface area contributed by atoms with Gasteiger partial charge in [0, 0.05) is 0 Å². The number of aliphatic imine (C=N–C) groups is 1. The molecule has 0 saturated carbocycles. The van der Waals surface area contributed by atoms with Gasteiger partial charge in [-0.15, -0.1) is 0 Å². The van der Waals surface area contributed by atoms with Crippen LogP contribution in [0, 0.1) is 0 Å². The largest absolute Gasteiger partial charge is 0.440 e. The van der Waals surface area contributed by atoms with Crippen LogP contribution in [-0.2, 0) is 0 Å². The number of halogens is 6. The number of nitrogens with zero attached hydrogens (tertiary/aromatic N) is 1. The van der Waals surface area contributed by atoms with Crippen molar-refractivity contribution in [1.82, 2.24) is 0 Å². The lowest BCUT2D eigenvalue weighted by Gasteiger charge is -2.05. The predicted molar refractivity (Wildman–Crippen MR) is 20.6 cm³/mol. The van der Waals surface area contributed by atoms with Crippen molar-refractivity contribution >= 4 is 6.22 Å². The summed E-state index contributed by atoms with van der Waals surface area (Å²) in [5, 5.41) is 0. The Morgan fingerprint density at radius 2 is 1.60 bits per heavy atom. The van der Waals surface area contributed by atoms with E-state index in [1.54, 1.807) is 0 Å². The van der Waals surface area contributed by atoms with Gasteiger partial charge in [0.2, 0.25) is 0 Å². The molecule has 0 aliphatic carbocycles. The maximum Gasteiger partial charge on any atom is 0.440 e. The molecule has 0 N–H and O–H groups in total. The maximum absolute atomic E-state index is 11.4. The topological polar surface area (TPSA) is 12.4 Å². The van der Waals surface area contributed by atoms with Gasteiger partial charge in [0.25, 0.3) is 6.30 Å². The molecule has 1 unspecified atom stereocenters. The summed E-state index contributed by atoms with van der Waals surface area (Å²) in [4.78, 5) is 1.34. The SMILES string of the molecule is FC(F)=NC(F)C(F)(F)F. The van der Waals surface area contributed by atoms with E-state index in [0.717, 1.165) is 0 Å². The minimum atomic E-state index is -5.34. The first-order valence-corrected chi connectivity index (χ1v) is 1.93. The van der Waals surface area contributed by atoms with E-state index in [0.29, 0.717) is 0 Å². The normalized spacial score (nSPS) is 14.6. The van der Waals surface area contributed by atoms with Gasteiger partial charge in [-0.1, -0.05) is 0 Å². The average Bonchev–Trinajstić information content (AvgIpc) is 1.60. The number of rotatable bonds is 1. The summed E-state index contributed by atoms with van der Waals surface area (Å²) < 4.78 is 66.0. The summed E-state index contributed by atoms with van der Waals surface area (Å²) >= 11 is 0. The molecule has 0 heterocycles. The fraction of sp³-hybridized carbons (Fsp3) is 0.667. The van der Waals surface area contributed by atoms with Crippen molar-refractivity contribution in [3.8, 4) is 0 Å². The summed E-state index contributed by atoms with van der Waals surface area (Å²) in [6.45, 7) is 0. The Bertz CT molecular complexity index is 132. The molecule has 0 aromatic heterocycles. The van der Waals surface area contributed by atoms with Gasteiger partial charge in [-0.05, 0) is 0 Å². The number of alkyl halides is 4. The summed E-state index contributed by atoms with van der Waals surface area (Å²) in [6.07, 6.45) is -12.1. The molecule has 0 rings (SSSR count). The Labute approximate surface area is 51.4 Å². The molecule has 7 heteroatoms. The fourth-order valence-corrected chi connectivity index (χ4v) is 0.159. The molecule has 0 amide bonds. The first kappa shape index (κ1) is 9.25. The van der Waals surface area contributed by atoms with Crippen LogP contribution in [0.3, 0.4) is 0 Å². The molecule has 0 aromatic rings. The molecular weight excluding hydrogens is 164 g/mol. The molecular formula is C3HF6N. The van der Waals surface area contributed by atoms with E-state index in [9.17, 15) is 26.3 Å². The summed E-state index contributed by atoms with van der Waals surface area (Å²) in [5.41, 5.74) is 0. The molecule has 0 radical (unpaired) electrons. The Morgan fingerprint density at radius 3 is 1.70 bits per heavy atom. The Hall–Kier alpha value is -0.750. The third-order valence-corrected chi connectivity index (χ3v) is 0.481. The van der Waals surface area contributed by atoms with Crippen LogP contribution < -0.4 is 0 Å². The maximum atomic E-state index is 11.4. The third kappa shape index (κ3) is 3.31. The standard InChI is InChI=1S/C3HF6N/c4-1(3(7,8)9)10-2(5)6/h1H. The fourth-order valence-electron chi connectivity index (χ4n) is 0.159. The Balaban J connectivity index is 4.11. The lowest BCUT2D eigenvalue weighted by atomic mass is 10.6. The molecule has 0 aromatic carbocycles. The van der Waals surface area contributed by atoms with Crippen LogP contribution >= 0.6 is 0 Å². The smallest absolute Gasteiger partial charge is 0.211 e. The molecule has 10 heavy (non-hydrogen) atoms. The number of hydrogen-bond donors (Lipinski definition) is 0. The van der Waals surface area contributed by atoms with Crippen LogP contribution in [-0.4, -0.2) is 18.7 Å². The highest BCUT2D eigenvalue weighted by Crippen LogP contribution is 2.23. The molecule has 0 fully saturated rings. The van der Waals surface area contributed by atoms with Gasteiger partial charge in [-0.25, -0.2) is 4.39 Å². The van der Waals surface area contributed by atoms with Crippen LogP contribution in [0.4, 0.5) is 26.3 Å². The van der Waals surface area contributed by atoms with E-state index in [1.807, 2.05) is 0 Å². The molecule has 0 aliphatic heterocycles. The van der Waals surface area contributed by atoms with Crippen molar-refractivity contribution < 1.29 is 26.3 Å². The van der Waals surface area contributed by atoms with E-state index in [1.165, 1.54) is 4.99 Å². The highest BCUT2D eigenvalue weighted by Gasteiger charge is 2.40. The molecule has 0 aliphatic rings. The quantitative estimate of drug-likeness (QED) is 0.320. The zero-order valence-electron chi connectivity index (χ0n) is 4.29. The van der Waals surface area contributed by atoms with Gasteiger partial charge in [0.05, 0.1) is 0 Å². The molecule has 1 nitrogen and oxygen atoms in total. The lowest BCUT2D eigenvalue weighted by molar-refractivity contribution is -0.178. The highest BCUT2D eigenvalue weighted by atomic mass is 19.4. The van der Waals surface area contributed by atoms with Gasteiger partial charge < -0.3 is 0 Å². The minimum Gasteiger partial charge on any atom is -0.211 e. The molecule has 1 atom stereocenters. The van der Waals surface area contributed by atoms with Crippen LogP contribution in [0.25, 0.3) is 0 Å². The third-order valence-electron chi connectivity index (χ3n) is 0.481. The van der Waals surface area contributed by atoms with Crippen LogP contribution in [0.2, 0.25) is 0 Å². The van der Waals surface area contributed by atoms with Crippen LogP contribution in [0.5, 0.6) is 0 Å². The second-order valence-electron chi connectivity index (χ2n) is 1.25. The van der Waals surface area contributed by atoms with Crippen molar-refractivity contribution in [2.75, 3.05) is 0 Å². The van der Waals surface area contributed by atoms with E-state index in [-0.39, 0.29) is 0 Å². The monoisotopic (exact) mass is 165 g/mol. The van der Waals surface area contributed by atoms with E-state index >= 15 is 0 Å². The average molecular weight is 165 g/mol.